The lowest BCUT2D eigenvalue weighted by Gasteiger charge is -2.43. The second kappa shape index (κ2) is 14.6. The lowest BCUT2D eigenvalue weighted by atomic mass is 9.89. The SMILES string of the molecule is CCNC(=O)NCc1ccc(C2O[C@H](CN(C)[C@@H](C)[C@H](O)c3ccccc3)[C@H](C)[C@H](c3ccc(CO)cc3)O2)cc1. The van der Waals surface area contributed by atoms with Crippen molar-refractivity contribution in [1.82, 2.24) is 15.5 Å². The summed E-state index contributed by atoms with van der Waals surface area (Å²) in [5.41, 5.74) is 4.62. The molecule has 1 saturated heterocycles. The Morgan fingerprint density at radius 3 is 2.20 bits per heavy atom. The van der Waals surface area contributed by atoms with Crippen LogP contribution in [0.2, 0.25) is 0 Å². The van der Waals surface area contributed by atoms with Gasteiger partial charge in [0.25, 0.3) is 0 Å². The van der Waals surface area contributed by atoms with Crippen LogP contribution in [0.25, 0.3) is 0 Å². The first-order valence-electron chi connectivity index (χ1n) is 14.3. The summed E-state index contributed by atoms with van der Waals surface area (Å²) in [4.78, 5) is 13.9. The summed E-state index contributed by atoms with van der Waals surface area (Å²) in [7, 11) is 2.01. The van der Waals surface area contributed by atoms with Gasteiger partial charge in [-0.1, -0.05) is 85.8 Å². The number of likely N-dealkylation sites (N-methyl/N-ethyl adjacent to an activating group) is 1. The summed E-state index contributed by atoms with van der Waals surface area (Å²) >= 11 is 0. The third-order valence-corrected chi connectivity index (χ3v) is 7.93. The van der Waals surface area contributed by atoms with E-state index in [4.69, 9.17) is 9.47 Å². The molecule has 1 fully saturated rings. The number of aliphatic hydroxyl groups is 2. The van der Waals surface area contributed by atoms with E-state index in [1.54, 1.807) is 0 Å². The van der Waals surface area contributed by atoms with Crippen molar-refractivity contribution in [2.75, 3.05) is 20.1 Å². The standard InChI is InChI=1S/C33H43N3O5/c1-5-34-33(39)35-19-24-11-17-28(18-12-24)32-40-29(20-36(4)23(3)30(38)26-9-7-6-8-10-26)22(2)31(41-32)27-15-13-25(21-37)14-16-27/h6-18,22-23,29-32,37-38H,5,19-21H2,1-4H3,(H2,34,35,39)/t22-,23-,29+,30-,31+,32?/m0/s1. The number of hydrogen-bond acceptors (Lipinski definition) is 6. The Kier molecular flexibility index (Phi) is 10.9. The lowest BCUT2D eigenvalue weighted by molar-refractivity contribution is -0.276. The average molecular weight is 562 g/mol. The molecule has 220 valence electrons. The van der Waals surface area contributed by atoms with Gasteiger partial charge in [0.15, 0.2) is 6.29 Å². The number of hydrogen-bond donors (Lipinski definition) is 4. The molecule has 4 N–H and O–H groups in total. The fourth-order valence-corrected chi connectivity index (χ4v) is 5.15. The van der Waals surface area contributed by atoms with Crippen LogP contribution in [0.1, 0.15) is 67.1 Å². The highest BCUT2D eigenvalue weighted by molar-refractivity contribution is 5.73. The molecular weight excluding hydrogens is 518 g/mol. The predicted octanol–water partition coefficient (Wildman–Crippen LogP) is 4.84. The maximum atomic E-state index is 11.8. The molecule has 6 atom stereocenters. The fourth-order valence-electron chi connectivity index (χ4n) is 5.15. The molecule has 1 unspecified atom stereocenters. The summed E-state index contributed by atoms with van der Waals surface area (Å²) in [6.45, 7) is 7.62. The highest BCUT2D eigenvalue weighted by Gasteiger charge is 2.39. The third-order valence-electron chi connectivity index (χ3n) is 7.93. The van der Waals surface area contributed by atoms with Crippen molar-refractivity contribution in [3.63, 3.8) is 0 Å². The highest BCUT2D eigenvalue weighted by Crippen LogP contribution is 2.42. The van der Waals surface area contributed by atoms with Crippen molar-refractivity contribution >= 4 is 6.03 Å². The molecule has 1 heterocycles. The van der Waals surface area contributed by atoms with E-state index in [9.17, 15) is 15.0 Å². The van der Waals surface area contributed by atoms with Crippen LogP contribution in [0.3, 0.4) is 0 Å². The number of nitrogens with one attached hydrogen (secondary N) is 2. The predicted molar refractivity (Wildman–Crippen MR) is 159 cm³/mol. The van der Waals surface area contributed by atoms with Crippen LogP contribution in [0.4, 0.5) is 4.79 Å². The molecule has 3 aromatic rings. The van der Waals surface area contributed by atoms with Gasteiger partial charge in [0, 0.05) is 37.2 Å². The second-order valence-electron chi connectivity index (χ2n) is 10.8. The first kappa shape index (κ1) is 30.7. The normalized spacial score (nSPS) is 22.2. The summed E-state index contributed by atoms with van der Waals surface area (Å²) < 4.78 is 13.2. The number of benzene rings is 3. The van der Waals surface area contributed by atoms with Gasteiger partial charge in [0.05, 0.1) is 24.9 Å². The molecule has 1 aliphatic heterocycles. The van der Waals surface area contributed by atoms with Gasteiger partial charge in [-0.25, -0.2) is 4.79 Å². The number of aliphatic hydroxyl groups excluding tert-OH is 2. The van der Waals surface area contributed by atoms with Gasteiger partial charge in [0.1, 0.15) is 0 Å². The smallest absolute Gasteiger partial charge is 0.315 e. The molecule has 4 rings (SSSR count). The van der Waals surface area contributed by atoms with Crippen LogP contribution < -0.4 is 10.6 Å². The molecule has 1 aliphatic rings. The topological polar surface area (TPSA) is 103 Å². The first-order chi connectivity index (χ1) is 19.8. The Bertz CT molecular complexity index is 1220. The van der Waals surface area contributed by atoms with Crippen molar-refractivity contribution in [3.8, 4) is 0 Å². The van der Waals surface area contributed by atoms with Crippen LogP contribution in [-0.4, -0.2) is 53.4 Å². The van der Waals surface area contributed by atoms with Crippen LogP contribution in [0.15, 0.2) is 78.9 Å². The van der Waals surface area contributed by atoms with E-state index in [0.717, 1.165) is 27.8 Å². The Morgan fingerprint density at radius 2 is 1.56 bits per heavy atom. The van der Waals surface area contributed by atoms with E-state index in [0.29, 0.717) is 19.6 Å². The van der Waals surface area contributed by atoms with Gasteiger partial charge >= 0.3 is 6.03 Å². The summed E-state index contributed by atoms with van der Waals surface area (Å²) in [6.07, 6.45) is -1.62. The number of carbonyl (C=O) groups is 1. The van der Waals surface area contributed by atoms with Crippen molar-refractivity contribution in [1.29, 1.82) is 0 Å². The first-order valence-corrected chi connectivity index (χ1v) is 14.3. The minimum atomic E-state index is -0.630. The van der Waals surface area contributed by atoms with Crippen molar-refractivity contribution in [2.24, 2.45) is 5.92 Å². The van der Waals surface area contributed by atoms with Crippen LogP contribution in [0.5, 0.6) is 0 Å². The summed E-state index contributed by atoms with van der Waals surface area (Å²) in [5.74, 6) is 0.0234. The molecule has 0 bridgehead atoms. The minimum absolute atomic E-state index is 0.0105. The van der Waals surface area contributed by atoms with Crippen LogP contribution in [0, 0.1) is 5.92 Å². The van der Waals surface area contributed by atoms with Gasteiger partial charge in [-0.2, -0.15) is 0 Å². The van der Waals surface area contributed by atoms with Crippen LogP contribution >= 0.6 is 0 Å². The summed E-state index contributed by atoms with van der Waals surface area (Å²) in [6, 6.07) is 25.1. The molecule has 0 saturated carbocycles. The Labute approximate surface area is 243 Å². The zero-order valence-electron chi connectivity index (χ0n) is 24.4. The Balaban J connectivity index is 1.52. The molecule has 0 aliphatic carbocycles. The maximum absolute atomic E-state index is 11.8. The number of nitrogens with zero attached hydrogens (tertiary/aromatic N) is 1. The van der Waals surface area contributed by atoms with E-state index in [1.165, 1.54) is 0 Å². The van der Waals surface area contributed by atoms with Gasteiger partial charge < -0.3 is 30.3 Å². The zero-order valence-corrected chi connectivity index (χ0v) is 24.4. The van der Waals surface area contributed by atoms with E-state index in [1.807, 2.05) is 99.8 Å². The minimum Gasteiger partial charge on any atom is -0.392 e. The quantitative estimate of drug-likeness (QED) is 0.267. The molecule has 8 nitrogen and oxygen atoms in total. The van der Waals surface area contributed by atoms with E-state index in [-0.39, 0.29) is 36.8 Å². The highest BCUT2D eigenvalue weighted by atomic mass is 16.7. The molecule has 41 heavy (non-hydrogen) atoms. The lowest BCUT2D eigenvalue weighted by Crippen LogP contribution is -2.46. The zero-order chi connectivity index (χ0) is 29.4. The van der Waals surface area contributed by atoms with Crippen molar-refractivity contribution in [3.05, 3.63) is 107 Å². The Morgan fingerprint density at radius 1 is 0.927 bits per heavy atom. The van der Waals surface area contributed by atoms with Gasteiger partial charge in [0.2, 0.25) is 0 Å². The van der Waals surface area contributed by atoms with E-state index in [2.05, 4.69) is 22.5 Å². The van der Waals surface area contributed by atoms with E-state index < -0.39 is 12.4 Å². The molecule has 3 aromatic carbocycles. The van der Waals surface area contributed by atoms with Gasteiger partial charge in [-0.3, -0.25) is 4.90 Å². The van der Waals surface area contributed by atoms with Crippen molar-refractivity contribution < 1.29 is 24.5 Å². The third kappa shape index (κ3) is 7.93. The number of amides is 2. The maximum Gasteiger partial charge on any atom is 0.315 e. The monoisotopic (exact) mass is 561 g/mol. The number of rotatable bonds is 11. The largest absolute Gasteiger partial charge is 0.392 e. The number of urea groups is 1. The molecule has 2 amide bonds. The second-order valence-corrected chi connectivity index (χ2v) is 10.8. The van der Waals surface area contributed by atoms with Crippen LogP contribution in [-0.2, 0) is 22.6 Å². The molecule has 0 spiro atoms. The molecule has 0 aromatic heterocycles. The summed E-state index contributed by atoms with van der Waals surface area (Å²) in [5, 5.41) is 26.1. The van der Waals surface area contributed by atoms with E-state index >= 15 is 0 Å². The number of carbonyl (C=O) groups excluding carboxylic acids is 1. The molecule has 8 heteroatoms. The number of ether oxygens (including phenoxy) is 2. The average Bonchev–Trinajstić information content (AvgIpc) is 3.01. The fraction of sp³-hybridized carbons (Fsp3) is 0.424. The van der Waals surface area contributed by atoms with Crippen molar-refractivity contribution in [2.45, 2.75) is 64.6 Å². The Hall–Kier alpha value is -3.27. The molecule has 0 radical (unpaired) electrons. The molecular formula is C33H43N3O5. The van der Waals surface area contributed by atoms with Gasteiger partial charge in [-0.15, -0.1) is 0 Å². The van der Waals surface area contributed by atoms with Gasteiger partial charge in [-0.05, 0) is 43.1 Å².